The van der Waals surface area contributed by atoms with Crippen molar-refractivity contribution >= 4 is 0 Å². The Balaban J connectivity index is 2.05. The molecule has 1 unspecified atom stereocenters. The molecular formula is C12H18O. The summed E-state index contributed by atoms with van der Waals surface area (Å²) in [5, 5.41) is 10.0. The highest BCUT2D eigenvalue weighted by Gasteiger charge is 2.53. The number of aliphatic hydroxyl groups is 1. The van der Waals surface area contributed by atoms with Gasteiger partial charge in [-0.05, 0) is 54.9 Å². The highest BCUT2D eigenvalue weighted by molar-refractivity contribution is 5.30. The second kappa shape index (κ2) is 2.38. The number of allylic oxidation sites excluding steroid dienone is 1. The zero-order chi connectivity index (χ0) is 9.05. The molecule has 0 aromatic heterocycles. The molecule has 2 fully saturated rings. The van der Waals surface area contributed by atoms with E-state index in [4.69, 9.17) is 0 Å². The van der Waals surface area contributed by atoms with E-state index >= 15 is 0 Å². The molecule has 1 spiro atoms. The third kappa shape index (κ3) is 0.864. The van der Waals surface area contributed by atoms with E-state index in [-0.39, 0.29) is 6.10 Å². The van der Waals surface area contributed by atoms with Crippen molar-refractivity contribution in [3.05, 3.63) is 11.6 Å². The van der Waals surface area contributed by atoms with E-state index in [1.807, 2.05) is 0 Å². The van der Waals surface area contributed by atoms with Crippen LogP contribution in [0.3, 0.4) is 0 Å². The van der Waals surface area contributed by atoms with Crippen molar-refractivity contribution in [1.82, 2.24) is 0 Å². The molecule has 4 atom stereocenters. The van der Waals surface area contributed by atoms with Gasteiger partial charge in [0, 0.05) is 0 Å². The largest absolute Gasteiger partial charge is 0.389 e. The lowest BCUT2D eigenvalue weighted by molar-refractivity contribution is 0.103. The van der Waals surface area contributed by atoms with Crippen molar-refractivity contribution in [2.24, 2.45) is 17.3 Å². The van der Waals surface area contributed by atoms with Crippen LogP contribution in [0, 0.1) is 17.3 Å². The summed E-state index contributed by atoms with van der Waals surface area (Å²) < 4.78 is 0. The molecule has 3 rings (SSSR count). The third-order valence-electron chi connectivity index (χ3n) is 4.78. The molecule has 0 aromatic rings. The average molecular weight is 178 g/mol. The van der Waals surface area contributed by atoms with Crippen LogP contribution in [-0.2, 0) is 0 Å². The van der Waals surface area contributed by atoms with Crippen LogP contribution in [0.25, 0.3) is 0 Å². The molecule has 13 heavy (non-hydrogen) atoms. The first-order valence-corrected chi connectivity index (χ1v) is 5.61. The topological polar surface area (TPSA) is 20.2 Å². The van der Waals surface area contributed by atoms with E-state index in [1.54, 1.807) is 0 Å². The molecule has 0 heterocycles. The van der Waals surface area contributed by atoms with Crippen molar-refractivity contribution in [2.45, 2.75) is 45.1 Å². The van der Waals surface area contributed by atoms with Gasteiger partial charge in [-0.1, -0.05) is 13.0 Å². The zero-order valence-corrected chi connectivity index (χ0v) is 8.29. The summed E-state index contributed by atoms with van der Waals surface area (Å²) in [7, 11) is 0. The highest BCUT2D eigenvalue weighted by atomic mass is 16.3. The van der Waals surface area contributed by atoms with Crippen LogP contribution in [0.5, 0.6) is 0 Å². The van der Waals surface area contributed by atoms with E-state index in [0.717, 1.165) is 18.3 Å². The van der Waals surface area contributed by atoms with Gasteiger partial charge in [0.2, 0.25) is 0 Å². The summed E-state index contributed by atoms with van der Waals surface area (Å²) >= 11 is 0. The molecule has 72 valence electrons. The first-order chi connectivity index (χ1) is 6.22. The molecule has 0 saturated heterocycles. The minimum atomic E-state index is -0.0915. The minimum absolute atomic E-state index is 0.0915. The lowest BCUT2D eigenvalue weighted by atomic mass is 9.67. The van der Waals surface area contributed by atoms with Crippen LogP contribution in [0.4, 0.5) is 0 Å². The fourth-order valence-corrected chi connectivity index (χ4v) is 4.02. The standard InChI is InChI=1S/C12H18O/c1-8-2-3-10-11(13)6-9-4-5-12(8,10)7-9/h3,8-9,11,13H,2,4-7H2,1H3/t8-,9-,11?,12-/m0/s1. The van der Waals surface area contributed by atoms with Crippen LogP contribution in [0.1, 0.15) is 39.0 Å². The summed E-state index contributed by atoms with van der Waals surface area (Å²) in [6, 6.07) is 0. The van der Waals surface area contributed by atoms with Crippen molar-refractivity contribution in [2.75, 3.05) is 0 Å². The second-order valence-corrected chi connectivity index (χ2v) is 5.31. The fourth-order valence-electron chi connectivity index (χ4n) is 4.02. The Morgan fingerprint density at radius 1 is 1.54 bits per heavy atom. The van der Waals surface area contributed by atoms with Gasteiger partial charge in [-0.3, -0.25) is 0 Å². The highest BCUT2D eigenvalue weighted by Crippen LogP contribution is 2.61. The Morgan fingerprint density at radius 3 is 3.23 bits per heavy atom. The Hall–Kier alpha value is -0.300. The summed E-state index contributed by atoms with van der Waals surface area (Å²) in [5.41, 5.74) is 1.86. The molecule has 2 saturated carbocycles. The van der Waals surface area contributed by atoms with Gasteiger partial charge >= 0.3 is 0 Å². The van der Waals surface area contributed by atoms with E-state index in [0.29, 0.717) is 5.41 Å². The van der Waals surface area contributed by atoms with Gasteiger partial charge in [0.15, 0.2) is 0 Å². The minimum Gasteiger partial charge on any atom is -0.389 e. The third-order valence-corrected chi connectivity index (χ3v) is 4.78. The Labute approximate surface area is 79.8 Å². The maximum Gasteiger partial charge on any atom is 0.0758 e. The molecule has 3 aliphatic carbocycles. The number of rotatable bonds is 0. The predicted molar refractivity (Wildman–Crippen MR) is 52.3 cm³/mol. The lowest BCUT2D eigenvalue weighted by Crippen LogP contribution is -2.34. The predicted octanol–water partition coefficient (Wildman–Crippen LogP) is 2.50. The zero-order valence-electron chi connectivity index (χ0n) is 8.29. The van der Waals surface area contributed by atoms with Crippen molar-refractivity contribution < 1.29 is 5.11 Å². The molecule has 0 amide bonds. The Morgan fingerprint density at radius 2 is 2.38 bits per heavy atom. The van der Waals surface area contributed by atoms with Crippen LogP contribution < -0.4 is 0 Å². The van der Waals surface area contributed by atoms with Crippen LogP contribution >= 0.6 is 0 Å². The van der Waals surface area contributed by atoms with Crippen LogP contribution in [0.2, 0.25) is 0 Å². The summed E-state index contributed by atoms with van der Waals surface area (Å²) in [6.45, 7) is 2.37. The molecule has 1 heteroatoms. The molecule has 3 aliphatic rings. The number of fused-ring (bicyclic) bond motifs is 1. The quantitative estimate of drug-likeness (QED) is 0.565. The Kier molecular flexibility index (Phi) is 1.48. The first-order valence-electron chi connectivity index (χ1n) is 5.61. The monoisotopic (exact) mass is 178 g/mol. The second-order valence-electron chi connectivity index (χ2n) is 5.31. The van der Waals surface area contributed by atoms with Crippen molar-refractivity contribution in [3.63, 3.8) is 0 Å². The van der Waals surface area contributed by atoms with Crippen molar-refractivity contribution in [3.8, 4) is 0 Å². The smallest absolute Gasteiger partial charge is 0.0758 e. The van der Waals surface area contributed by atoms with Gasteiger partial charge < -0.3 is 5.11 Å². The lowest BCUT2D eigenvalue weighted by Gasteiger charge is -2.39. The number of hydrogen-bond acceptors (Lipinski definition) is 1. The molecule has 1 nitrogen and oxygen atoms in total. The SMILES string of the molecule is C[C@H]1CC=C2C(O)C[C@@H]3CC[C@@]21C3. The van der Waals surface area contributed by atoms with Crippen LogP contribution in [-0.4, -0.2) is 11.2 Å². The summed E-state index contributed by atoms with van der Waals surface area (Å²) in [6.07, 6.45) is 8.57. The van der Waals surface area contributed by atoms with Gasteiger partial charge in [0.1, 0.15) is 0 Å². The molecular weight excluding hydrogens is 160 g/mol. The fraction of sp³-hybridized carbons (Fsp3) is 0.833. The van der Waals surface area contributed by atoms with Gasteiger partial charge in [0.05, 0.1) is 6.10 Å². The summed E-state index contributed by atoms with van der Waals surface area (Å²) in [4.78, 5) is 0. The number of aliphatic hydroxyl groups excluding tert-OH is 1. The van der Waals surface area contributed by atoms with E-state index in [2.05, 4.69) is 13.0 Å². The maximum atomic E-state index is 10.0. The van der Waals surface area contributed by atoms with Gasteiger partial charge in [-0.15, -0.1) is 0 Å². The molecule has 0 aliphatic heterocycles. The van der Waals surface area contributed by atoms with E-state index in [1.165, 1.54) is 31.3 Å². The average Bonchev–Trinajstić information content (AvgIpc) is 2.59. The molecule has 1 N–H and O–H groups in total. The Bertz CT molecular complexity index is 268. The number of hydrogen-bond donors (Lipinski definition) is 1. The van der Waals surface area contributed by atoms with Gasteiger partial charge in [0.25, 0.3) is 0 Å². The normalized spacial score (nSPS) is 53.4. The van der Waals surface area contributed by atoms with E-state index < -0.39 is 0 Å². The molecule has 0 radical (unpaired) electrons. The van der Waals surface area contributed by atoms with E-state index in [9.17, 15) is 5.11 Å². The maximum absolute atomic E-state index is 10.0. The summed E-state index contributed by atoms with van der Waals surface area (Å²) in [5.74, 6) is 1.62. The van der Waals surface area contributed by atoms with Crippen molar-refractivity contribution in [1.29, 1.82) is 0 Å². The van der Waals surface area contributed by atoms with Crippen LogP contribution in [0.15, 0.2) is 11.6 Å². The van der Waals surface area contributed by atoms with Gasteiger partial charge in [-0.2, -0.15) is 0 Å². The molecule has 2 bridgehead atoms. The first kappa shape index (κ1) is 8.05. The van der Waals surface area contributed by atoms with Gasteiger partial charge in [-0.25, -0.2) is 0 Å². The molecule has 0 aromatic carbocycles.